The van der Waals surface area contributed by atoms with Gasteiger partial charge in [-0.05, 0) is 5.56 Å². The molecule has 1 aliphatic heterocycles. The molecule has 2 heterocycles. The first-order valence-electron chi connectivity index (χ1n) is 7.39. The van der Waals surface area contributed by atoms with E-state index in [4.69, 9.17) is 15.6 Å². The lowest BCUT2D eigenvalue weighted by Crippen LogP contribution is -2.29. The third kappa shape index (κ3) is 3.86. The van der Waals surface area contributed by atoms with Gasteiger partial charge in [0.05, 0.1) is 6.67 Å². The zero-order valence-electron chi connectivity index (χ0n) is 13.1. The standard InChI is InChI=1S/C15H16N6O4/c16-14-18-12(11-13(20-14)21(8-17-11)6-10(22)23)19-15(24)25-7-9-4-2-1-3-5-9/h1-5,17H,6-8H2,(H,22,23)(H3,16,18,19,20,24). The number of carboxylic acid groups (broad SMARTS) is 1. The van der Waals surface area contributed by atoms with Crippen LogP contribution in [0.3, 0.4) is 0 Å². The molecule has 5 N–H and O–H groups in total. The predicted octanol–water partition coefficient (Wildman–Crippen LogP) is 1.08. The van der Waals surface area contributed by atoms with E-state index in [1.54, 1.807) is 0 Å². The van der Waals surface area contributed by atoms with Gasteiger partial charge in [0.1, 0.15) is 18.8 Å². The molecule has 0 saturated heterocycles. The lowest BCUT2D eigenvalue weighted by Gasteiger charge is -2.14. The largest absolute Gasteiger partial charge is 0.480 e. The van der Waals surface area contributed by atoms with Crippen LogP contribution in [0.1, 0.15) is 5.56 Å². The van der Waals surface area contributed by atoms with Crippen LogP contribution in [0.15, 0.2) is 30.3 Å². The molecule has 1 aliphatic rings. The van der Waals surface area contributed by atoms with Crippen LogP contribution in [0.25, 0.3) is 0 Å². The second-order valence-corrected chi connectivity index (χ2v) is 5.24. The summed E-state index contributed by atoms with van der Waals surface area (Å²) in [4.78, 5) is 32.3. The number of benzene rings is 1. The second-order valence-electron chi connectivity index (χ2n) is 5.24. The molecule has 0 saturated carbocycles. The number of carboxylic acids is 1. The van der Waals surface area contributed by atoms with Crippen LogP contribution in [0.4, 0.5) is 28.1 Å². The Hall–Kier alpha value is -3.56. The molecule has 1 amide bonds. The van der Waals surface area contributed by atoms with E-state index >= 15 is 0 Å². The Morgan fingerprint density at radius 3 is 2.80 bits per heavy atom. The van der Waals surface area contributed by atoms with Crippen molar-refractivity contribution in [1.82, 2.24) is 9.97 Å². The van der Waals surface area contributed by atoms with E-state index in [1.807, 2.05) is 30.3 Å². The molecule has 3 rings (SSSR count). The lowest BCUT2D eigenvalue weighted by atomic mass is 10.2. The number of hydrogen-bond donors (Lipinski definition) is 4. The maximum absolute atomic E-state index is 12.0. The molecule has 0 unspecified atom stereocenters. The van der Waals surface area contributed by atoms with Crippen LogP contribution in [0, 0.1) is 0 Å². The molecule has 1 aromatic heterocycles. The van der Waals surface area contributed by atoms with Gasteiger partial charge in [-0.15, -0.1) is 0 Å². The highest BCUT2D eigenvalue weighted by molar-refractivity contribution is 5.93. The molecule has 0 spiro atoms. The predicted molar refractivity (Wildman–Crippen MR) is 90.2 cm³/mol. The zero-order valence-corrected chi connectivity index (χ0v) is 13.1. The summed E-state index contributed by atoms with van der Waals surface area (Å²) in [7, 11) is 0. The van der Waals surface area contributed by atoms with Crippen LogP contribution in [0.5, 0.6) is 0 Å². The molecular formula is C15H16N6O4. The molecule has 2 aromatic rings. The maximum atomic E-state index is 12.0. The molecule has 1 aromatic carbocycles. The van der Waals surface area contributed by atoms with E-state index in [9.17, 15) is 9.59 Å². The quantitative estimate of drug-likeness (QED) is 0.626. The van der Waals surface area contributed by atoms with Gasteiger partial charge in [-0.3, -0.25) is 10.1 Å². The molecule has 0 radical (unpaired) electrons. The number of carbonyl (C=O) groups excluding carboxylic acids is 1. The van der Waals surface area contributed by atoms with Crippen molar-refractivity contribution in [2.75, 3.05) is 34.5 Å². The van der Waals surface area contributed by atoms with Crippen LogP contribution in [0.2, 0.25) is 0 Å². The number of anilines is 4. The van der Waals surface area contributed by atoms with Crippen LogP contribution < -0.4 is 21.3 Å². The summed E-state index contributed by atoms with van der Waals surface area (Å²) >= 11 is 0. The summed E-state index contributed by atoms with van der Waals surface area (Å²) in [5.74, 6) is -0.651. The monoisotopic (exact) mass is 344 g/mol. The summed E-state index contributed by atoms with van der Waals surface area (Å²) in [6, 6.07) is 9.22. The number of amides is 1. The number of aromatic nitrogens is 2. The van der Waals surface area contributed by atoms with Gasteiger partial charge < -0.3 is 25.8 Å². The SMILES string of the molecule is Nc1nc(NC(=O)OCc2ccccc2)c2c(n1)N(CC(=O)O)CN2. The average molecular weight is 344 g/mol. The highest BCUT2D eigenvalue weighted by Crippen LogP contribution is 2.35. The summed E-state index contributed by atoms with van der Waals surface area (Å²) in [6.07, 6.45) is -0.706. The minimum Gasteiger partial charge on any atom is -0.480 e. The van der Waals surface area contributed by atoms with E-state index in [1.165, 1.54) is 4.90 Å². The smallest absolute Gasteiger partial charge is 0.413 e. The van der Waals surface area contributed by atoms with Gasteiger partial charge in [0.2, 0.25) is 5.95 Å². The molecule has 0 aliphatic carbocycles. The normalized spacial score (nSPS) is 12.2. The minimum absolute atomic E-state index is 0.0869. The number of nitrogen functional groups attached to an aromatic ring is 1. The van der Waals surface area contributed by atoms with Gasteiger partial charge >= 0.3 is 12.1 Å². The fourth-order valence-electron chi connectivity index (χ4n) is 2.35. The zero-order chi connectivity index (χ0) is 17.8. The molecule has 0 atom stereocenters. The van der Waals surface area contributed by atoms with Gasteiger partial charge in [-0.1, -0.05) is 30.3 Å². The van der Waals surface area contributed by atoms with Gasteiger partial charge in [0.25, 0.3) is 0 Å². The van der Waals surface area contributed by atoms with Crippen molar-refractivity contribution in [1.29, 1.82) is 0 Å². The molecule has 10 heteroatoms. The third-order valence-corrected chi connectivity index (χ3v) is 3.41. The third-order valence-electron chi connectivity index (χ3n) is 3.41. The molecule has 0 fully saturated rings. The first kappa shape index (κ1) is 16.3. The first-order chi connectivity index (χ1) is 12.0. The number of fused-ring (bicyclic) bond motifs is 1. The van der Waals surface area contributed by atoms with Crippen molar-refractivity contribution in [2.45, 2.75) is 6.61 Å². The topological polar surface area (TPSA) is 143 Å². The van der Waals surface area contributed by atoms with E-state index in [0.717, 1.165) is 5.56 Å². The van der Waals surface area contributed by atoms with Crippen molar-refractivity contribution in [3.63, 3.8) is 0 Å². The number of nitrogens with two attached hydrogens (primary N) is 1. The van der Waals surface area contributed by atoms with E-state index in [-0.39, 0.29) is 31.6 Å². The summed E-state index contributed by atoms with van der Waals surface area (Å²) in [5, 5.41) is 14.4. The van der Waals surface area contributed by atoms with Crippen LogP contribution >= 0.6 is 0 Å². The highest BCUT2D eigenvalue weighted by Gasteiger charge is 2.27. The van der Waals surface area contributed by atoms with Gasteiger partial charge in [-0.25, -0.2) is 4.79 Å². The maximum Gasteiger partial charge on any atom is 0.413 e. The van der Waals surface area contributed by atoms with Crippen molar-refractivity contribution >= 4 is 35.3 Å². The van der Waals surface area contributed by atoms with Crippen molar-refractivity contribution in [3.8, 4) is 0 Å². The Balaban J connectivity index is 1.70. The number of nitrogens with zero attached hydrogens (tertiary/aromatic N) is 3. The molecule has 130 valence electrons. The number of aliphatic carboxylic acids is 1. The van der Waals surface area contributed by atoms with Crippen LogP contribution in [-0.4, -0.2) is 40.4 Å². The Labute approximate surface area is 142 Å². The van der Waals surface area contributed by atoms with Gasteiger partial charge in [0.15, 0.2) is 11.6 Å². The Morgan fingerprint density at radius 1 is 1.32 bits per heavy atom. The minimum atomic E-state index is -1.01. The molecule has 25 heavy (non-hydrogen) atoms. The Morgan fingerprint density at radius 2 is 2.08 bits per heavy atom. The van der Waals surface area contributed by atoms with Crippen LogP contribution in [-0.2, 0) is 16.1 Å². The Kier molecular flexibility index (Phi) is 4.50. The number of rotatable bonds is 5. The lowest BCUT2D eigenvalue weighted by molar-refractivity contribution is -0.135. The number of carbonyl (C=O) groups is 2. The van der Waals surface area contributed by atoms with E-state index in [0.29, 0.717) is 11.5 Å². The summed E-state index contributed by atoms with van der Waals surface area (Å²) < 4.78 is 5.14. The van der Waals surface area contributed by atoms with Crippen molar-refractivity contribution in [3.05, 3.63) is 35.9 Å². The van der Waals surface area contributed by atoms with Gasteiger partial charge in [0, 0.05) is 0 Å². The highest BCUT2D eigenvalue weighted by atomic mass is 16.5. The second kappa shape index (κ2) is 6.91. The number of ether oxygens (including phenoxy) is 1. The first-order valence-corrected chi connectivity index (χ1v) is 7.39. The summed E-state index contributed by atoms with van der Waals surface area (Å²) in [6.45, 7) is 0.0653. The van der Waals surface area contributed by atoms with E-state index < -0.39 is 12.1 Å². The summed E-state index contributed by atoms with van der Waals surface area (Å²) in [5.41, 5.74) is 6.89. The van der Waals surface area contributed by atoms with Crippen molar-refractivity contribution < 1.29 is 19.4 Å². The van der Waals surface area contributed by atoms with E-state index in [2.05, 4.69) is 20.6 Å². The van der Waals surface area contributed by atoms with Gasteiger partial charge in [-0.2, -0.15) is 9.97 Å². The number of hydrogen-bond acceptors (Lipinski definition) is 8. The Bertz CT molecular complexity index is 798. The molecule has 10 nitrogen and oxygen atoms in total. The molecule has 0 bridgehead atoms. The average Bonchev–Trinajstić information content (AvgIpc) is 2.96. The number of nitrogens with one attached hydrogen (secondary N) is 2. The van der Waals surface area contributed by atoms with Crippen molar-refractivity contribution in [2.24, 2.45) is 0 Å². The fourth-order valence-corrected chi connectivity index (χ4v) is 2.35. The fraction of sp³-hybridized carbons (Fsp3) is 0.200. The molecular weight excluding hydrogens is 328 g/mol.